The van der Waals surface area contributed by atoms with E-state index >= 15 is 0 Å². The number of unbranched alkanes of at least 4 members (excludes halogenated alkanes) is 34. The summed E-state index contributed by atoms with van der Waals surface area (Å²) in [5, 5.41) is 55.6. The van der Waals surface area contributed by atoms with Crippen molar-refractivity contribution in [2.75, 3.05) is 13.2 Å². The van der Waals surface area contributed by atoms with Gasteiger partial charge in [-0.25, -0.2) is 4.18 Å². The highest BCUT2D eigenvalue weighted by molar-refractivity contribution is 7.80. The summed E-state index contributed by atoms with van der Waals surface area (Å²) in [6, 6.07) is -1.03. The van der Waals surface area contributed by atoms with Crippen LogP contribution in [0, 0.1) is 0 Å². The maximum atomic E-state index is 13.2. The van der Waals surface area contributed by atoms with Crippen molar-refractivity contribution in [1.82, 2.24) is 5.32 Å². The van der Waals surface area contributed by atoms with Gasteiger partial charge in [0.2, 0.25) is 5.91 Å². The van der Waals surface area contributed by atoms with E-state index in [-0.39, 0.29) is 6.42 Å². The Bertz CT molecular complexity index is 1180. The zero-order valence-corrected chi connectivity index (χ0v) is 42.3. The molecule has 1 amide bonds. The zero-order valence-electron chi connectivity index (χ0n) is 41.4. The van der Waals surface area contributed by atoms with Crippen LogP contribution in [-0.4, -0.2) is 107 Å². The molecule has 1 heterocycles. The Kier molecular flexibility index (Phi) is 40.1. The number of rotatable bonds is 47. The number of carbonyl (C=O) groups excluding carboxylic acids is 1. The van der Waals surface area contributed by atoms with Gasteiger partial charge in [0.25, 0.3) is 0 Å². The largest absolute Gasteiger partial charge is 0.397 e. The molecule has 0 spiro atoms. The number of nitrogens with one attached hydrogen (secondary N) is 1. The molecule has 0 aliphatic carbocycles. The van der Waals surface area contributed by atoms with Gasteiger partial charge >= 0.3 is 10.4 Å². The van der Waals surface area contributed by atoms with Gasteiger partial charge in [0.05, 0.1) is 25.4 Å². The van der Waals surface area contributed by atoms with Gasteiger partial charge < -0.3 is 40.3 Å². The predicted octanol–water partition coefficient (Wildman–Crippen LogP) is 10.7. The van der Waals surface area contributed by atoms with E-state index in [1.807, 2.05) is 0 Å². The topological polar surface area (TPSA) is 212 Å². The fourth-order valence-corrected chi connectivity index (χ4v) is 9.51. The Morgan fingerprint density at radius 1 is 0.554 bits per heavy atom. The fraction of sp³-hybridized carbons (Fsp3) is 0.980. The molecule has 1 saturated heterocycles. The minimum absolute atomic E-state index is 0.266. The molecule has 1 aliphatic heterocycles. The van der Waals surface area contributed by atoms with Crippen LogP contribution in [-0.2, 0) is 28.9 Å². The molecule has 8 unspecified atom stereocenters. The summed E-state index contributed by atoms with van der Waals surface area (Å²) in [5.41, 5.74) is 0. The smallest absolute Gasteiger partial charge is 0.394 e. The van der Waals surface area contributed by atoms with Crippen molar-refractivity contribution in [1.29, 1.82) is 0 Å². The third kappa shape index (κ3) is 34.1. The van der Waals surface area contributed by atoms with Crippen molar-refractivity contribution in [3.05, 3.63) is 0 Å². The SMILES string of the molecule is CCCCCCCCCCCCCCCCCCCCCCCC(O)C(COC1OC(CO)C(O)C(OS(=O)(=O)O)C1O)NC(=O)C(O)CCCCCCCCCCCCCCCCC. The van der Waals surface area contributed by atoms with E-state index in [0.717, 1.165) is 38.5 Å². The van der Waals surface area contributed by atoms with Gasteiger partial charge in [-0.15, -0.1) is 0 Å². The minimum atomic E-state index is -5.11. The van der Waals surface area contributed by atoms with E-state index in [1.165, 1.54) is 180 Å². The molecule has 0 aromatic heterocycles. The molecule has 0 aromatic rings. The Morgan fingerprint density at radius 2 is 0.892 bits per heavy atom. The van der Waals surface area contributed by atoms with E-state index in [0.29, 0.717) is 19.3 Å². The van der Waals surface area contributed by atoms with Crippen LogP contribution < -0.4 is 5.32 Å². The number of carbonyl (C=O) groups is 1. The fourth-order valence-electron chi connectivity index (χ4n) is 9.00. The summed E-state index contributed by atoms with van der Waals surface area (Å²) >= 11 is 0. The quantitative estimate of drug-likeness (QED) is 0.0224. The summed E-state index contributed by atoms with van der Waals surface area (Å²) in [5.74, 6) is -0.664. The third-order valence-electron chi connectivity index (χ3n) is 13.3. The average molecular weight is 952 g/mol. The van der Waals surface area contributed by atoms with Gasteiger partial charge in [-0.1, -0.05) is 245 Å². The summed E-state index contributed by atoms with van der Waals surface area (Å²) < 4.78 is 47.7. The number of aliphatic hydroxyl groups excluding tert-OH is 5. The van der Waals surface area contributed by atoms with Gasteiger partial charge in [-0.3, -0.25) is 9.35 Å². The molecular formula is C51H101NO12S. The number of aliphatic hydroxyl groups is 5. The highest BCUT2D eigenvalue weighted by Gasteiger charge is 2.48. The molecular weight excluding hydrogens is 851 g/mol. The van der Waals surface area contributed by atoms with Crippen molar-refractivity contribution >= 4 is 16.3 Å². The van der Waals surface area contributed by atoms with Crippen LogP contribution in [0.15, 0.2) is 0 Å². The van der Waals surface area contributed by atoms with Crippen LogP contribution in [0.25, 0.3) is 0 Å². The maximum absolute atomic E-state index is 13.2. The summed E-state index contributed by atoms with van der Waals surface area (Å²) in [6.45, 7) is 3.32. The van der Waals surface area contributed by atoms with E-state index in [2.05, 4.69) is 23.3 Å². The lowest BCUT2D eigenvalue weighted by atomic mass is 9.99. The highest BCUT2D eigenvalue weighted by atomic mass is 32.3. The first kappa shape index (κ1) is 62.1. The Morgan fingerprint density at radius 3 is 1.23 bits per heavy atom. The first-order valence-corrected chi connectivity index (χ1v) is 28.4. The molecule has 0 bridgehead atoms. The number of ether oxygens (including phenoxy) is 2. The molecule has 13 nitrogen and oxygen atoms in total. The first-order chi connectivity index (χ1) is 31.4. The molecule has 14 heteroatoms. The van der Waals surface area contributed by atoms with Crippen LogP contribution in [0.4, 0.5) is 0 Å². The monoisotopic (exact) mass is 952 g/mol. The molecule has 0 saturated carbocycles. The minimum Gasteiger partial charge on any atom is -0.394 e. The van der Waals surface area contributed by atoms with E-state index in [1.54, 1.807) is 0 Å². The van der Waals surface area contributed by atoms with Crippen molar-refractivity contribution in [3.8, 4) is 0 Å². The molecule has 1 rings (SSSR count). The van der Waals surface area contributed by atoms with Gasteiger partial charge in [0, 0.05) is 0 Å². The molecule has 0 radical (unpaired) electrons. The summed E-state index contributed by atoms with van der Waals surface area (Å²) in [4.78, 5) is 13.2. The van der Waals surface area contributed by atoms with Gasteiger partial charge in [-0.2, -0.15) is 8.42 Å². The molecule has 65 heavy (non-hydrogen) atoms. The second-order valence-corrected chi connectivity index (χ2v) is 20.4. The standard InChI is InChI=1S/C51H101NO12S/c1-3-5-7-9-11-13-15-17-19-20-21-22-23-24-26-27-29-31-33-35-37-39-44(54)43(42-62-51-48(57)49(64-65(59,60)61)47(56)46(41-53)63-51)52-50(58)45(55)40-38-36-34-32-30-28-25-18-16-14-12-10-8-6-4-2/h43-49,51,53-57H,3-42H2,1-2H3,(H,52,58)(H,59,60,61). The van der Waals surface area contributed by atoms with Crippen molar-refractivity contribution in [2.45, 2.75) is 307 Å². The average Bonchev–Trinajstić information content (AvgIpc) is 3.28. The molecule has 0 aromatic carbocycles. The third-order valence-corrected chi connectivity index (χ3v) is 13.7. The number of amides is 1. The Balaban J connectivity index is 2.44. The summed E-state index contributed by atoms with van der Waals surface area (Å²) in [6.07, 6.45) is 34.2. The van der Waals surface area contributed by atoms with Crippen LogP contribution in [0.3, 0.4) is 0 Å². The van der Waals surface area contributed by atoms with Crippen molar-refractivity contribution in [2.24, 2.45) is 0 Å². The normalized spacial score (nSPS) is 20.5. The lowest BCUT2D eigenvalue weighted by Crippen LogP contribution is -2.61. The number of hydrogen-bond donors (Lipinski definition) is 7. The van der Waals surface area contributed by atoms with Crippen LogP contribution in [0.1, 0.15) is 258 Å². The van der Waals surface area contributed by atoms with Crippen molar-refractivity contribution in [3.63, 3.8) is 0 Å². The van der Waals surface area contributed by atoms with E-state index in [4.69, 9.17) is 9.47 Å². The van der Waals surface area contributed by atoms with Gasteiger partial charge in [0.15, 0.2) is 6.29 Å². The molecule has 7 N–H and O–H groups in total. The molecule has 1 aliphatic rings. The lowest BCUT2D eigenvalue weighted by Gasteiger charge is -2.41. The second-order valence-electron chi connectivity index (χ2n) is 19.3. The van der Waals surface area contributed by atoms with E-state index in [9.17, 15) is 43.3 Å². The van der Waals surface area contributed by atoms with Gasteiger partial charge in [0.1, 0.15) is 30.5 Å². The van der Waals surface area contributed by atoms with Crippen molar-refractivity contribution < 1.29 is 57.0 Å². The predicted molar refractivity (Wildman–Crippen MR) is 261 cm³/mol. The molecule has 8 atom stereocenters. The second kappa shape index (κ2) is 42.0. The highest BCUT2D eigenvalue weighted by Crippen LogP contribution is 2.26. The Hall–Kier alpha value is -0.940. The molecule has 388 valence electrons. The number of hydrogen-bond acceptors (Lipinski definition) is 11. The van der Waals surface area contributed by atoms with Crippen LogP contribution in [0.5, 0.6) is 0 Å². The lowest BCUT2D eigenvalue weighted by molar-refractivity contribution is -0.298. The van der Waals surface area contributed by atoms with Crippen LogP contribution in [0.2, 0.25) is 0 Å². The maximum Gasteiger partial charge on any atom is 0.397 e. The summed E-state index contributed by atoms with van der Waals surface area (Å²) in [7, 11) is -5.11. The van der Waals surface area contributed by atoms with E-state index < -0.39 is 78.5 Å². The molecule has 1 fully saturated rings. The first-order valence-electron chi connectivity index (χ1n) is 27.0. The van der Waals surface area contributed by atoms with Gasteiger partial charge in [-0.05, 0) is 12.8 Å². The Labute approximate surface area is 397 Å². The van der Waals surface area contributed by atoms with Crippen LogP contribution >= 0.6 is 0 Å². The zero-order chi connectivity index (χ0) is 47.8.